The van der Waals surface area contributed by atoms with Crippen LogP contribution >= 0.6 is 0 Å². The van der Waals surface area contributed by atoms with Gasteiger partial charge in [-0.05, 0) is 126 Å². The number of allylic oxidation sites excluding steroid dienone is 2. The van der Waals surface area contributed by atoms with Gasteiger partial charge in [0.05, 0.1) is 32.5 Å². The number of aromatic hydroxyl groups is 1. The maximum absolute atomic E-state index is 15.2. The molecule has 11 N–H and O–H groups in total. The number of aliphatic hydroxyl groups is 9. The van der Waals surface area contributed by atoms with E-state index in [2.05, 4.69) is 54.5 Å². The summed E-state index contributed by atoms with van der Waals surface area (Å²) in [5.74, 6) is -3.64. The zero-order chi connectivity index (χ0) is 57.7. The topological polar surface area (TPSA) is 348 Å². The lowest BCUT2D eigenvalue weighted by Gasteiger charge is -2.71. The molecule has 1 aromatic rings. The molecule has 4 saturated carbocycles. The number of aliphatic carboxylic acids is 1. The third kappa shape index (κ3) is 10.0. The third-order valence-electron chi connectivity index (χ3n) is 20.8. The monoisotopic (exact) mass is 1120 g/mol. The van der Waals surface area contributed by atoms with Crippen molar-refractivity contribution >= 4 is 24.0 Å². The number of rotatable bonds is 12. The van der Waals surface area contributed by atoms with Gasteiger partial charge in [-0.2, -0.15) is 0 Å². The molecule has 442 valence electrons. The first-order valence-corrected chi connectivity index (χ1v) is 27.7. The van der Waals surface area contributed by atoms with Gasteiger partial charge in [0, 0.05) is 6.08 Å². The standard InChI is InChI=1S/C57H82O22/c1-52(2)19-20-57(51(71)79-49-45(38(63)30(60)25-73-49)76-37(62)14-10-26-9-12-29(59)31(21-26)72-8)28(22-52)27-11-13-34-54(5)17-16-36(53(3,4)33(54)15-18-55(34,6)56(27,7)23-35(57)61)75-50-46(42(67)41(66)44(77-50)47(69)70)78-48-43(68)40(65)39(64)32(24-58)74-48/h9-12,14,21,28,30,32-36,38-46,48-50,58-61,63-68H,13,15-20,22-25H2,1-8H3,(H,69,70). The van der Waals surface area contributed by atoms with E-state index >= 15 is 4.79 Å². The molecule has 9 rings (SSSR count). The molecule has 23 unspecified atom stereocenters. The number of carboxylic acid groups (broad SMARTS) is 1. The van der Waals surface area contributed by atoms with Crippen molar-refractivity contribution in [1.82, 2.24) is 0 Å². The molecule has 3 aliphatic heterocycles. The number of methoxy groups -OCH3 is 1. The number of hydrogen-bond acceptors (Lipinski definition) is 21. The Morgan fingerprint density at radius 2 is 1.47 bits per heavy atom. The normalized spacial score (nSPS) is 46.3. The summed E-state index contributed by atoms with van der Waals surface area (Å²) in [7, 11) is 1.38. The van der Waals surface area contributed by atoms with Gasteiger partial charge in [0.1, 0.15) is 60.4 Å². The van der Waals surface area contributed by atoms with E-state index in [1.54, 1.807) is 0 Å². The second-order valence-electron chi connectivity index (χ2n) is 25.8. The number of esters is 2. The molecule has 3 heterocycles. The van der Waals surface area contributed by atoms with E-state index in [9.17, 15) is 65.8 Å². The highest BCUT2D eigenvalue weighted by Crippen LogP contribution is 2.76. The van der Waals surface area contributed by atoms with Crippen LogP contribution in [0.5, 0.6) is 11.5 Å². The van der Waals surface area contributed by atoms with Crippen LogP contribution in [0, 0.1) is 50.2 Å². The van der Waals surface area contributed by atoms with E-state index in [1.165, 1.54) is 31.4 Å². The average molecular weight is 1120 g/mol. The van der Waals surface area contributed by atoms with Crippen LogP contribution in [-0.2, 0) is 47.5 Å². The van der Waals surface area contributed by atoms with Crippen LogP contribution < -0.4 is 4.74 Å². The first-order chi connectivity index (χ1) is 37.0. The molecule has 1 aromatic carbocycles. The number of hydrogen-bond donors (Lipinski definition) is 11. The number of carbonyl (C=O) groups excluding carboxylic acids is 2. The fourth-order valence-corrected chi connectivity index (χ4v) is 16.1. The van der Waals surface area contributed by atoms with Crippen LogP contribution in [0.1, 0.15) is 112 Å². The van der Waals surface area contributed by atoms with Crippen LogP contribution in [-0.4, -0.2) is 193 Å². The Hall–Kier alpha value is -3.85. The van der Waals surface area contributed by atoms with Gasteiger partial charge in [0.25, 0.3) is 0 Å². The number of fused-ring (bicyclic) bond motifs is 7. The molecule has 0 amide bonds. The van der Waals surface area contributed by atoms with Gasteiger partial charge in [0.15, 0.2) is 36.3 Å². The number of phenolic OH excluding ortho intramolecular Hbond substituents is 1. The van der Waals surface area contributed by atoms with Gasteiger partial charge in [0.2, 0.25) is 6.29 Å². The summed E-state index contributed by atoms with van der Waals surface area (Å²) in [6.07, 6.45) is -16.5. The van der Waals surface area contributed by atoms with E-state index in [0.29, 0.717) is 44.1 Å². The Labute approximate surface area is 459 Å². The lowest BCUT2D eigenvalue weighted by Crippen LogP contribution is -2.68. The summed E-state index contributed by atoms with van der Waals surface area (Å²) in [4.78, 5) is 40.9. The van der Waals surface area contributed by atoms with Crippen LogP contribution in [0.4, 0.5) is 0 Å². The molecular formula is C57H82O22. The Morgan fingerprint density at radius 3 is 2.15 bits per heavy atom. The minimum atomic E-state index is -2.01. The highest BCUT2D eigenvalue weighted by atomic mass is 16.8. The number of phenols is 1. The summed E-state index contributed by atoms with van der Waals surface area (Å²) >= 11 is 0. The molecular weight excluding hydrogens is 1040 g/mol. The van der Waals surface area contributed by atoms with Gasteiger partial charge in [-0.15, -0.1) is 0 Å². The van der Waals surface area contributed by atoms with Crippen LogP contribution in [0.3, 0.4) is 0 Å². The molecule has 22 heteroatoms. The second-order valence-corrected chi connectivity index (χ2v) is 25.8. The fourth-order valence-electron chi connectivity index (χ4n) is 16.1. The summed E-state index contributed by atoms with van der Waals surface area (Å²) in [6.45, 7) is 14.1. The zero-order valence-electron chi connectivity index (χ0n) is 46.1. The van der Waals surface area contributed by atoms with Crippen molar-refractivity contribution in [1.29, 1.82) is 0 Å². The molecule has 8 aliphatic rings. The van der Waals surface area contributed by atoms with Crippen LogP contribution in [0.15, 0.2) is 35.9 Å². The Kier molecular flexibility index (Phi) is 16.4. The van der Waals surface area contributed by atoms with E-state index in [-0.39, 0.29) is 47.0 Å². The minimum absolute atomic E-state index is 0.0102. The molecule has 22 nitrogen and oxygen atoms in total. The number of benzene rings is 1. The van der Waals surface area contributed by atoms with Gasteiger partial charge in [-0.3, -0.25) is 4.79 Å². The average Bonchev–Trinajstić information content (AvgIpc) is 3.51. The molecule has 79 heavy (non-hydrogen) atoms. The van der Waals surface area contributed by atoms with Crippen molar-refractivity contribution in [2.75, 3.05) is 20.3 Å². The third-order valence-corrected chi connectivity index (χ3v) is 20.8. The largest absolute Gasteiger partial charge is 0.504 e. The number of carbonyl (C=O) groups is 3. The van der Waals surface area contributed by atoms with E-state index in [0.717, 1.165) is 18.1 Å². The molecule has 7 fully saturated rings. The number of aliphatic hydroxyl groups excluding tert-OH is 9. The van der Waals surface area contributed by atoms with E-state index in [4.69, 9.17) is 37.9 Å². The smallest absolute Gasteiger partial charge is 0.335 e. The van der Waals surface area contributed by atoms with Crippen molar-refractivity contribution in [2.45, 2.75) is 204 Å². The van der Waals surface area contributed by atoms with E-state index in [1.807, 2.05) is 0 Å². The number of carboxylic acids is 1. The summed E-state index contributed by atoms with van der Waals surface area (Å²) < 4.78 is 46.9. The first kappa shape index (κ1) is 59.8. The SMILES string of the molecule is COc1cc(C=CC(=O)OC2C(OC(=O)C34CCC(C)(C)CC3C3=CCC5C6(C)CCC(OC7OC(C(=O)O)C(O)C(O)C7OC7OC(CO)C(O)C(O)C7O)C(C)(C)C6CCC5(C)C3(C)CC4O)OCC(O)C2O)ccc1O. The Balaban J connectivity index is 0.961. The van der Waals surface area contributed by atoms with Crippen molar-refractivity contribution in [3.8, 4) is 11.5 Å². The van der Waals surface area contributed by atoms with Crippen LogP contribution in [0.25, 0.3) is 6.08 Å². The first-order valence-electron chi connectivity index (χ1n) is 27.7. The van der Waals surface area contributed by atoms with Crippen molar-refractivity contribution < 1.29 is 108 Å². The molecule has 0 radical (unpaired) electrons. The van der Waals surface area contributed by atoms with Gasteiger partial charge >= 0.3 is 17.9 Å². The number of ether oxygens (including phenoxy) is 8. The predicted octanol–water partition coefficient (Wildman–Crippen LogP) is 1.82. The molecule has 0 spiro atoms. The van der Waals surface area contributed by atoms with Gasteiger partial charge in [-0.25, -0.2) is 9.59 Å². The maximum Gasteiger partial charge on any atom is 0.335 e. The molecule has 23 atom stereocenters. The maximum atomic E-state index is 15.2. The quantitative estimate of drug-likeness (QED) is 0.0615. The molecule has 3 saturated heterocycles. The van der Waals surface area contributed by atoms with Gasteiger partial charge in [-0.1, -0.05) is 66.2 Å². The summed E-state index contributed by atoms with van der Waals surface area (Å²) in [5.41, 5.74) is -2.17. The van der Waals surface area contributed by atoms with Crippen molar-refractivity contribution in [2.24, 2.45) is 50.2 Å². The molecule has 0 aromatic heterocycles. The zero-order valence-corrected chi connectivity index (χ0v) is 46.1. The Morgan fingerprint density at radius 1 is 0.747 bits per heavy atom. The van der Waals surface area contributed by atoms with Gasteiger partial charge < -0.3 is 94.1 Å². The minimum Gasteiger partial charge on any atom is -0.504 e. The molecule has 0 bridgehead atoms. The van der Waals surface area contributed by atoms with Crippen LogP contribution in [0.2, 0.25) is 0 Å². The lowest BCUT2D eigenvalue weighted by atomic mass is 9.33. The second kappa shape index (κ2) is 21.7. The summed E-state index contributed by atoms with van der Waals surface area (Å²) in [6, 6.07) is 4.42. The molecule has 5 aliphatic carbocycles. The predicted molar refractivity (Wildman–Crippen MR) is 274 cm³/mol. The van der Waals surface area contributed by atoms with Crippen molar-refractivity contribution in [3.05, 3.63) is 41.5 Å². The highest BCUT2D eigenvalue weighted by molar-refractivity contribution is 5.87. The Bertz CT molecular complexity index is 2500. The highest BCUT2D eigenvalue weighted by Gasteiger charge is 2.72. The fraction of sp³-hybridized carbons (Fsp3) is 0.772. The van der Waals surface area contributed by atoms with Crippen molar-refractivity contribution in [3.63, 3.8) is 0 Å². The summed E-state index contributed by atoms with van der Waals surface area (Å²) in [5, 5.41) is 119. The lowest BCUT2D eigenvalue weighted by molar-refractivity contribution is -0.374. The van der Waals surface area contributed by atoms with E-state index < -0.39 is 157 Å².